The average molecular weight is 386 g/mol. The number of esters is 1. The van der Waals surface area contributed by atoms with E-state index in [0.717, 1.165) is 31.1 Å². The first-order chi connectivity index (χ1) is 12.9. The summed E-state index contributed by atoms with van der Waals surface area (Å²) in [5.74, 6) is -0.0992. The quantitative estimate of drug-likeness (QED) is 0.569. The summed E-state index contributed by atoms with van der Waals surface area (Å²) in [5, 5.41) is 0. The molecule has 1 aromatic carbocycles. The molecule has 0 amide bonds. The van der Waals surface area contributed by atoms with E-state index in [-0.39, 0.29) is 35.1 Å². The van der Waals surface area contributed by atoms with Crippen LogP contribution in [0.1, 0.15) is 79.2 Å². The van der Waals surface area contributed by atoms with Crippen LogP contribution in [0.4, 0.5) is 0 Å². The zero-order valence-corrected chi connectivity index (χ0v) is 18.6. The van der Waals surface area contributed by atoms with Gasteiger partial charge < -0.3 is 14.0 Å². The lowest BCUT2D eigenvalue weighted by Gasteiger charge is -2.43. The predicted octanol–water partition coefficient (Wildman–Crippen LogP) is 4.39. The average Bonchev–Trinajstić information content (AvgIpc) is 2.85. The minimum absolute atomic E-state index is 0.0508. The van der Waals surface area contributed by atoms with Crippen molar-refractivity contribution in [3.8, 4) is 0 Å². The number of benzene rings is 1. The van der Waals surface area contributed by atoms with Gasteiger partial charge in [-0.05, 0) is 75.2 Å². The molecular formula is C23H35BO4. The molecule has 0 aromatic heterocycles. The van der Waals surface area contributed by atoms with Gasteiger partial charge in [-0.1, -0.05) is 38.1 Å². The van der Waals surface area contributed by atoms with Gasteiger partial charge in [-0.2, -0.15) is 0 Å². The van der Waals surface area contributed by atoms with Gasteiger partial charge in [0.25, 0.3) is 0 Å². The maximum atomic E-state index is 11.7. The Bertz CT molecular complexity index is 699. The Balaban J connectivity index is 1.68. The largest absolute Gasteiger partial charge is 0.494 e. The minimum atomic E-state index is -0.324. The third-order valence-electron chi connectivity index (χ3n) is 7.49. The number of rotatable bonds is 4. The first-order valence-corrected chi connectivity index (χ1v) is 10.4. The van der Waals surface area contributed by atoms with Crippen molar-refractivity contribution >= 4 is 18.6 Å². The summed E-state index contributed by atoms with van der Waals surface area (Å²) in [6.45, 7) is 12.9. The lowest BCUT2D eigenvalue weighted by atomic mass is 9.61. The van der Waals surface area contributed by atoms with Gasteiger partial charge in [0.15, 0.2) is 0 Å². The summed E-state index contributed by atoms with van der Waals surface area (Å²) in [4.78, 5) is 11.7. The molecule has 0 bridgehead atoms. The van der Waals surface area contributed by atoms with Gasteiger partial charge in [0.2, 0.25) is 0 Å². The van der Waals surface area contributed by atoms with Crippen LogP contribution in [0.25, 0.3) is 0 Å². The molecular weight excluding hydrogens is 351 g/mol. The summed E-state index contributed by atoms with van der Waals surface area (Å²) in [5.41, 5.74) is 1.97. The third kappa shape index (κ3) is 4.02. The summed E-state index contributed by atoms with van der Waals surface area (Å²) < 4.78 is 17.2. The van der Waals surface area contributed by atoms with E-state index in [0.29, 0.717) is 6.42 Å². The highest BCUT2D eigenvalue weighted by atomic mass is 16.7. The SMILES string of the molecule is COC(=O)CC1(C)CCC(C)(c2ccc(B3OC(C)(C)C(C)(C)O3)cc2)CC1. The molecule has 0 spiro atoms. The highest BCUT2D eigenvalue weighted by molar-refractivity contribution is 6.62. The lowest BCUT2D eigenvalue weighted by molar-refractivity contribution is -0.143. The summed E-state index contributed by atoms with van der Waals surface area (Å²) in [6.07, 6.45) is 4.75. The first-order valence-electron chi connectivity index (χ1n) is 10.4. The molecule has 1 aliphatic carbocycles. The van der Waals surface area contributed by atoms with Crippen LogP contribution in [0.15, 0.2) is 24.3 Å². The summed E-state index contributed by atoms with van der Waals surface area (Å²) >= 11 is 0. The van der Waals surface area contributed by atoms with Crippen LogP contribution in [0.2, 0.25) is 0 Å². The fraction of sp³-hybridized carbons (Fsp3) is 0.696. The highest BCUT2D eigenvalue weighted by Gasteiger charge is 2.51. The van der Waals surface area contributed by atoms with E-state index in [2.05, 4.69) is 65.8 Å². The summed E-state index contributed by atoms with van der Waals surface area (Å²) in [6, 6.07) is 8.74. The third-order valence-corrected chi connectivity index (χ3v) is 7.49. The Morgan fingerprint density at radius 3 is 1.89 bits per heavy atom. The molecule has 28 heavy (non-hydrogen) atoms. The highest BCUT2D eigenvalue weighted by Crippen LogP contribution is 2.48. The molecule has 0 N–H and O–H groups in total. The smallest absolute Gasteiger partial charge is 0.469 e. The van der Waals surface area contributed by atoms with Crippen LogP contribution in [-0.2, 0) is 24.3 Å². The fourth-order valence-electron chi connectivity index (χ4n) is 4.31. The first kappa shape index (κ1) is 21.4. The Hall–Kier alpha value is -1.33. The topological polar surface area (TPSA) is 44.8 Å². The van der Waals surface area contributed by atoms with Gasteiger partial charge in [0, 0.05) is 0 Å². The van der Waals surface area contributed by atoms with Crippen molar-refractivity contribution in [2.75, 3.05) is 7.11 Å². The van der Waals surface area contributed by atoms with Gasteiger partial charge in [-0.3, -0.25) is 4.79 Å². The molecule has 154 valence electrons. The molecule has 2 aliphatic rings. The molecule has 2 fully saturated rings. The standard InChI is InChI=1S/C23H35BO4/c1-20(2)21(3,4)28-24(27-20)18-10-8-17(9-11-18)23(6)14-12-22(5,13-15-23)16-19(25)26-7/h8-11H,12-16H2,1-7H3. The second-order valence-corrected chi connectivity index (χ2v) is 10.3. The zero-order chi connectivity index (χ0) is 20.8. The number of carbonyl (C=O) groups is 1. The molecule has 1 aliphatic heterocycles. The van der Waals surface area contributed by atoms with Crippen LogP contribution >= 0.6 is 0 Å². The van der Waals surface area contributed by atoms with Crippen molar-refractivity contribution < 1.29 is 18.8 Å². The van der Waals surface area contributed by atoms with E-state index in [1.807, 2.05) is 0 Å². The van der Waals surface area contributed by atoms with Gasteiger partial charge in [-0.25, -0.2) is 0 Å². The van der Waals surface area contributed by atoms with Crippen molar-refractivity contribution in [2.45, 2.75) is 90.3 Å². The van der Waals surface area contributed by atoms with E-state index < -0.39 is 0 Å². The van der Waals surface area contributed by atoms with Crippen molar-refractivity contribution in [3.05, 3.63) is 29.8 Å². The van der Waals surface area contributed by atoms with E-state index in [1.54, 1.807) is 0 Å². The fourth-order valence-corrected chi connectivity index (χ4v) is 4.31. The molecule has 0 radical (unpaired) electrons. The van der Waals surface area contributed by atoms with Crippen LogP contribution in [0.3, 0.4) is 0 Å². The maximum absolute atomic E-state index is 11.7. The van der Waals surface area contributed by atoms with Crippen molar-refractivity contribution in [2.24, 2.45) is 5.41 Å². The number of hydrogen-bond donors (Lipinski definition) is 0. The molecule has 5 heteroatoms. The Labute approximate surface area is 170 Å². The van der Waals surface area contributed by atoms with E-state index in [4.69, 9.17) is 14.0 Å². The molecule has 1 saturated carbocycles. The number of carbonyl (C=O) groups excluding carboxylic acids is 1. The Morgan fingerprint density at radius 1 is 0.929 bits per heavy atom. The van der Waals surface area contributed by atoms with Crippen molar-refractivity contribution in [1.29, 1.82) is 0 Å². The van der Waals surface area contributed by atoms with Crippen LogP contribution in [-0.4, -0.2) is 31.4 Å². The lowest BCUT2D eigenvalue weighted by Crippen LogP contribution is -2.41. The maximum Gasteiger partial charge on any atom is 0.494 e. The van der Waals surface area contributed by atoms with Crippen molar-refractivity contribution in [3.63, 3.8) is 0 Å². The van der Waals surface area contributed by atoms with Crippen LogP contribution < -0.4 is 5.46 Å². The van der Waals surface area contributed by atoms with Crippen LogP contribution in [0, 0.1) is 5.41 Å². The van der Waals surface area contributed by atoms with E-state index >= 15 is 0 Å². The van der Waals surface area contributed by atoms with Gasteiger partial charge in [0.05, 0.1) is 24.7 Å². The van der Waals surface area contributed by atoms with Gasteiger partial charge in [-0.15, -0.1) is 0 Å². The van der Waals surface area contributed by atoms with Gasteiger partial charge >= 0.3 is 13.1 Å². The predicted molar refractivity (Wildman–Crippen MR) is 113 cm³/mol. The monoisotopic (exact) mass is 386 g/mol. The second-order valence-electron chi connectivity index (χ2n) is 10.3. The molecule has 4 nitrogen and oxygen atoms in total. The Kier molecular flexibility index (Phi) is 5.48. The second kappa shape index (κ2) is 7.18. The zero-order valence-electron chi connectivity index (χ0n) is 18.6. The minimum Gasteiger partial charge on any atom is -0.469 e. The van der Waals surface area contributed by atoms with Crippen LogP contribution in [0.5, 0.6) is 0 Å². The molecule has 3 rings (SSSR count). The van der Waals surface area contributed by atoms with E-state index in [9.17, 15) is 4.79 Å². The summed E-state index contributed by atoms with van der Waals surface area (Å²) in [7, 11) is 1.15. The Morgan fingerprint density at radius 2 is 1.43 bits per heavy atom. The van der Waals surface area contributed by atoms with Gasteiger partial charge in [0.1, 0.15) is 0 Å². The van der Waals surface area contributed by atoms with Crippen molar-refractivity contribution in [1.82, 2.24) is 0 Å². The number of methoxy groups -OCH3 is 1. The molecule has 0 atom stereocenters. The van der Waals surface area contributed by atoms with E-state index in [1.165, 1.54) is 12.7 Å². The molecule has 1 heterocycles. The number of ether oxygens (including phenoxy) is 1. The molecule has 1 saturated heterocycles. The normalized spacial score (nSPS) is 31.6. The number of hydrogen-bond acceptors (Lipinski definition) is 4. The molecule has 0 unspecified atom stereocenters. The molecule has 1 aromatic rings.